The van der Waals surface area contributed by atoms with E-state index in [0.717, 1.165) is 43.9 Å². The Morgan fingerprint density at radius 3 is 2.38 bits per heavy atom. The molecular formula is C20H21F3N4OS. The van der Waals surface area contributed by atoms with E-state index < -0.39 is 11.7 Å². The van der Waals surface area contributed by atoms with Crippen LogP contribution in [0.5, 0.6) is 0 Å². The number of anilines is 1. The summed E-state index contributed by atoms with van der Waals surface area (Å²) in [5, 5.41) is 14.1. The summed E-state index contributed by atoms with van der Waals surface area (Å²) in [4.78, 5) is 16.5. The van der Waals surface area contributed by atoms with Gasteiger partial charge in [-0.05, 0) is 29.1 Å². The molecule has 5 nitrogen and oxygen atoms in total. The third-order valence-electron chi connectivity index (χ3n) is 4.85. The third-order valence-corrected chi connectivity index (χ3v) is 5.68. The largest absolute Gasteiger partial charge is 0.416 e. The molecule has 1 aliphatic rings. The van der Waals surface area contributed by atoms with Crippen LogP contribution in [0.3, 0.4) is 0 Å². The number of halogens is 3. The van der Waals surface area contributed by atoms with E-state index in [2.05, 4.69) is 15.1 Å². The average molecular weight is 422 g/mol. The summed E-state index contributed by atoms with van der Waals surface area (Å²) in [5.74, 6) is -0.115. The number of carbonyl (C=O) groups is 1. The van der Waals surface area contributed by atoms with Crippen LogP contribution in [0.1, 0.15) is 23.1 Å². The molecule has 1 aromatic heterocycles. The Kier molecular flexibility index (Phi) is 6.90. The maximum Gasteiger partial charge on any atom is 0.416 e. The minimum absolute atomic E-state index is 0.115. The van der Waals surface area contributed by atoms with Crippen LogP contribution < -0.4 is 5.32 Å². The Balaban J connectivity index is 1.39. The van der Waals surface area contributed by atoms with Gasteiger partial charge in [0.05, 0.1) is 11.1 Å². The second kappa shape index (κ2) is 9.39. The molecule has 0 atom stereocenters. The number of thiophene rings is 1. The first-order valence-corrected chi connectivity index (χ1v) is 10.1. The third kappa shape index (κ3) is 6.03. The topological polar surface area (TPSA) is 59.4 Å². The second-order valence-electron chi connectivity index (χ2n) is 6.89. The van der Waals surface area contributed by atoms with Gasteiger partial charge in [-0.2, -0.15) is 18.4 Å². The highest BCUT2D eigenvalue weighted by molar-refractivity contribution is 7.14. The lowest BCUT2D eigenvalue weighted by molar-refractivity contribution is -0.137. The lowest BCUT2D eigenvalue weighted by Crippen LogP contribution is -2.46. The zero-order valence-corrected chi connectivity index (χ0v) is 16.5. The van der Waals surface area contributed by atoms with E-state index in [9.17, 15) is 18.0 Å². The van der Waals surface area contributed by atoms with Crippen LogP contribution in [0, 0.1) is 11.3 Å². The smallest absolute Gasteiger partial charge is 0.317 e. The number of nitrogens with one attached hydrogen (secondary N) is 1. The van der Waals surface area contributed by atoms with E-state index in [1.165, 1.54) is 23.5 Å². The maximum absolute atomic E-state index is 12.6. The minimum atomic E-state index is -4.31. The highest BCUT2D eigenvalue weighted by Gasteiger charge is 2.30. The van der Waals surface area contributed by atoms with Crippen LogP contribution >= 0.6 is 11.3 Å². The fourth-order valence-electron chi connectivity index (χ4n) is 3.17. The summed E-state index contributed by atoms with van der Waals surface area (Å²) >= 11 is 1.33. The minimum Gasteiger partial charge on any atom is -0.317 e. The van der Waals surface area contributed by atoms with Gasteiger partial charge in [0.25, 0.3) is 0 Å². The number of nitrogens with zero attached hydrogens (tertiary/aromatic N) is 3. The van der Waals surface area contributed by atoms with Crippen molar-refractivity contribution in [3.63, 3.8) is 0 Å². The van der Waals surface area contributed by atoms with Gasteiger partial charge in [-0.25, -0.2) is 0 Å². The number of hydrogen-bond acceptors (Lipinski definition) is 5. The van der Waals surface area contributed by atoms with Crippen molar-refractivity contribution in [2.24, 2.45) is 0 Å². The molecule has 1 aromatic carbocycles. The van der Waals surface area contributed by atoms with E-state index in [1.54, 1.807) is 11.4 Å². The molecule has 0 unspecified atom stereocenters. The number of rotatable bonds is 6. The lowest BCUT2D eigenvalue weighted by atomic mass is 10.1. The van der Waals surface area contributed by atoms with Gasteiger partial charge in [0.15, 0.2) is 0 Å². The summed E-state index contributed by atoms with van der Waals surface area (Å²) in [7, 11) is 0. The molecule has 2 aromatic rings. The van der Waals surface area contributed by atoms with Crippen molar-refractivity contribution in [2.75, 3.05) is 38.0 Å². The Morgan fingerprint density at radius 2 is 1.76 bits per heavy atom. The highest BCUT2D eigenvalue weighted by Crippen LogP contribution is 2.29. The number of hydrogen-bond donors (Lipinski definition) is 1. The fourth-order valence-corrected chi connectivity index (χ4v) is 3.92. The maximum atomic E-state index is 12.6. The predicted octanol–water partition coefficient (Wildman–Crippen LogP) is 3.78. The summed E-state index contributed by atoms with van der Waals surface area (Å²) in [5.41, 5.74) is 0.698. The van der Waals surface area contributed by atoms with E-state index in [0.29, 0.717) is 30.1 Å². The van der Waals surface area contributed by atoms with Gasteiger partial charge >= 0.3 is 6.18 Å². The number of nitriles is 1. The normalized spacial score (nSPS) is 15.8. The van der Waals surface area contributed by atoms with E-state index in [4.69, 9.17) is 5.26 Å². The van der Waals surface area contributed by atoms with Crippen LogP contribution in [0.25, 0.3) is 0 Å². The van der Waals surface area contributed by atoms with Crippen molar-refractivity contribution in [3.05, 3.63) is 52.4 Å². The summed E-state index contributed by atoms with van der Waals surface area (Å²) in [6.45, 7) is 4.44. The molecule has 0 saturated carbocycles. The molecule has 1 N–H and O–H groups in total. The first kappa shape index (κ1) is 21.3. The number of benzene rings is 1. The number of amides is 1. The molecule has 0 spiro atoms. The Labute approximate surface area is 171 Å². The molecule has 0 bridgehead atoms. The van der Waals surface area contributed by atoms with Gasteiger partial charge in [-0.1, -0.05) is 12.1 Å². The van der Waals surface area contributed by atoms with Gasteiger partial charge in [-0.3, -0.25) is 9.69 Å². The lowest BCUT2D eigenvalue weighted by Gasteiger charge is -2.34. The van der Waals surface area contributed by atoms with Crippen molar-refractivity contribution in [1.82, 2.24) is 9.80 Å². The summed E-state index contributed by atoms with van der Waals surface area (Å²) < 4.78 is 37.9. The van der Waals surface area contributed by atoms with Crippen LogP contribution in [0.15, 0.2) is 35.7 Å². The van der Waals surface area contributed by atoms with Crippen molar-refractivity contribution in [3.8, 4) is 6.07 Å². The standard InChI is InChI=1S/C20H21F3N4OS/c21-20(22,23)17-3-1-15(2-4-17)14-27-10-8-26(9-11-27)7-5-18(28)25-19-16(13-24)6-12-29-19/h1-4,6,12H,5,7-11,14H2,(H,25,28). The molecule has 1 saturated heterocycles. The molecular weight excluding hydrogens is 401 g/mol. The quantitative estimate of drug-likeness (QED) is 0.770. The molecule has 2 heterocycles. The number of carbonyl (C=O) groups excluding carboxylic acids is 1. The zero-order chi connectivity index (χ0) is 20.9. The monoisotopic (exact) mass is 422 g/mol. The van der Waals surface area contributed by atoms with Crippen molar-refractivity contribution in [2.45, 2.75) is 19.1 Å². The van der Waals surface area contributed by atoms with E-state index >= 15 is 0 Å². The number of alkyl halides is 3. The van der Waals surface area contributed by atoms with Gasteiger partial charge in [0.1, 0.15) is 11.1 Å². The van der Waals surface area contributed by atoms with Crippen LogP contribution in [0.2, 0.25) is 0 Å². The molecule has 9 heteroatoms. The van der Waals surface area contributed by atoms with Crippen LogP contribution in [0.4, 0.5) is 18.2 Å². The molecule has 1 aliphatic heterocycles. The Hall–Kier alpha value is -2.41. The summed E-state index contributed by atoms with van der Waals surface area (Å²) in [6, 6.07) is 9.02. The Bertz CT molecular complexity index is 865. The SMILES string of the molecule is N#Cc1ccsc1NC(=O)CCN1CCN(Cc2ccc(C(F)(F)F)cc2)CC1. The molecule has 1 fully saturated rings. The molecule has 0 aliphatic carbocycles. The molecule has 154 valence electrons. The zero-order valence-electron chi connectivity index (χ0n) is 15.7. The van der Waals surface area contributed by atoms with Crippen LogP contribution in [-0.2, 0) is 17.5 Å². The van der Waals surface area contributed by atoms with Crippen molar-refractivity contribution < 1.29 is 18.0 Å². The Morgan fingerprint density at radius 1 is 1.10 bits per heavy atom. The predicted molar refractivity (Wildman–Crippen MR) is 105 cm³/mol. The van der Waals surface area contributed by atoms with Gasteiger partial charge in [-0.15, -0.1) is 11.3 Å². The average Bonchev–Trinajstić information content (AvgIpc) is 3.14. The van der Waals surface area contributed by atoms with Gasteiger partial charge in [0, 0.05) is 45.7 Å². The second-order valence-corrected chi connectivity index (χ2v) is 7.80. The van der Waals surface area contributed by atoms with E-state index in [-0.39, 0.29) is 5.91 Å². The molecule has 1 amide bonds. The summed E-state index contributed by atoms with van der Waals surface area (Å²) in [6.07, 6.45) is -3.96. The first-order chi connectivity index (χ1) is 13.8. The fraction of sp³-hybridized carbons (Fsp3) is 0.400. The highest BCUT2D eigenvalue weighted by atomic mass is 32.1. The van der Waals surface area contributed by atoms with Gasteiger partial charge < -0.3 is 10.2 Å². The van der Waals surface area contributed by atoms with E-state index in [1.807, 2.05) is 6.07 Å². The van der Waals surface area contributed by atoms with Crippen molar-refractivity contribution in [1.29, 1.82) is 5.26 Å². The number of piperazine rings is 1. The molecule has 29 heavy (non-hydrogen) atoms. The first-order valence-electron chi connectivity index (χ1n) is 9.23. The van der Waals surface area contributed by atoms with Gasteiger partial charge in [0.2, 0.25) is 5.91 Å². The molecule has 0 radical (unpaired) electrons. The molecule has 3 rings (SSSR count). The van der Waals surface area contributed by atoms with Crippen molar-refractivity contribution >= 4 is 22.2 Å². The van der Waals surface area contributed by atoms with Crippen LogP contribution in [-0.4, -0.2) is 48.4 Å².